The fourth-order valence-corrected chi connectivity index (χ4v) is 3.68. The topological polar surface area (TPSA) is 49.4 Å². The molecule has 0 saturated heterocycles. The second kappa shape index (κ2) is 11.6. The first-order valence-electron chi connectivity index (χ1n) is 9.90. The van der Waals surface area contributed by atoms with Crippen molar-refractivity contribution in [3.05, 3.63) is 66.0 Å². The third-order valence-electron chi connectivity index (χ3n) is 4.44. The summed E-state index contributed by atoms with van der Waals surface area (Å²) in [5.74, 6) is -0.0328. The summed E-state index contributed by atoms with van der Waals surface area (Å²) in [6.07, 6.45) is 0.507. The van der Waals surface area contributed by atoms with Gasteiger partial charge >= 0.3 is 0 Å². The van der Waals surface area contributed by atoms with Gasteiger partial charge in [-0.2, -0.15) is 0 Å². The Hall–Kier alpha value is -2.34. The third kappa shape index (κ3) is 7.54. The Morgan fingerprint density at radius 3 is 2.31 bits per heavy atom. The van der Waals surface area contributed by atoms with Crippen molar-refractivity contribution in [3.8, 4) is 0 Å². The zero-order valence-electron chi connectivity index (χ0n) is 17.2. The molecule has 1 atom stereocenters. The molecular weight excluding hydrogens is 387 g/mol. The fraction of sp³-hybridized carbons (Fsp3) is 0.391. The molecule has 0 saturated carbocycles. The Morgan fingerprint density at radius 2 is 1.72 bits per heavy atom. The smallest absolute Gasteiger partial charge is 0.242 e. The monoisotopic (exact) mass is 416 g/mol. The molecule has 156 valence electrons. The van der Waals surface area contributed by atoms with Gasteiger partial charge in [-0.3, -0.25) is 9.59 Å². The minimum Gasteiger partial charge on any atom is -0.354 e. The Labute approximate surface area is 176 Å². The van der Waals surface area contributed by atoms with Crippen molar-refractivity contribution in [3.63, 3.8) is 0 Å². The van der Waals surface area contributed by atoms with Crippen molar-refractivity contribution >= 4 is 23.6 Å². The molecule has 4 nitrogen and oxygen atoms in total. The van der Waals surface area contributed by atoms with Crippen LogP contribution in [0.3, 0.4) is 0 Å². The summed E-state index contributed by atoms with van der Waals surface area (Å²) in [7, 11) is 0. The molecule has 1 N–H and O–H groups in total. The van der Waals surface area contributed by atoms with Crippen molar-refractivity contribution in [1.82, 2.24) is 10.2 Å². The largest absolute Gasteiger partial charge is 0.354 e. The lowest BCUT2D eigenvalue weighted by Crippen LogP contribution is -2.50. The number of halogens is 1. The number of hydrogen-bond donors (Lipinski definition) is 1. The predicted molar refractivity (Wildman–Crippen MR) is 116 cm³/mol. The number of nitrogens with zero attached hydrogens (tertiary/aromatic N) is 1. The summed E-state index contributed by atoms with van der Waals surface area (Å²) < 4.78 is 13.3. The first kappa shape index (κ1) is 22.9. The highest BCUT2D eigenvalue weighted by Crippen LogP contribution is 2.20. The molecule has 29 heavy (non-hydrogen) atoms. The minimum atomic E-state index is -0.567. The predicted octanol–water partition coefficient (Wildman–Crippen LogP) is 4.50. The standard InChI is InChI=1S/C23H29FN2O2S/c1-4-21(23(28)25-14-17(2)3)26(15-18-10-12-19(24)13-11-18)22(27)16-29-20-8-6-5-7-9-20/h5-13,17,21H,4,14-16H2,1-3H3,(H,25,28). The van der Waals surface area contributed by atoms with Gasteiger partial charge in [0, 0.05) is 18.0 Å². The average molecular weight is 417 g/mol. The van der Waals surface area contributed by atoms with Gasteiger partial charge in [-0.05, 0) is 42.2 Å². The lowest BCUT2D eigenvalue weighted by molar-refractivity contribution is -0.139. The normalized spacial score (nSPS) is 11.9. The lowest BCUT2D eigenvalue weighted by atomic mass is 10.1. The highest BCUT2D eigenvalue weighted by molar-refractivity contribution is 8.00. The van der Waals surface area contributed by atoms with Crippen LogP contribution < -0.4 is 5.32 Å². The van der Waals surface area contributed by atoms with E-state index in [9.17, 15) is 14.0 Å². The molecule has 2 rings (SSSR count). The zero-order valence-corrected chi connectivity index (χ0v) is 18.0. The van der Waals surface area contributed by atoms with Gasteiger partial charge < -0.3 is 10.2 Å². The van der Waals surface area contributed by atoms with Crippen LogP contribution in [0, 0.1) is 11.7 Å². The minimum absolute atomic E-state index is 0.116. The van der Waals surface area contributed by atoms with Gasteiger partial charge in [-0.15, -0.1) is 11.8 Å². The SMILES string of the molecule is CCC(C(=O)NCC(C)C)N(Cc1ccc(F)cc1)C(=O)CSc1ccccc1. The molecule has 1 unspecified atom stereocenters. The summed E-state index contributed by atoms with van der Waals surface area (Å²) in [6.45, 7) is 6.78. The summed E-state index contributed by atoms with van der Waals surface area (Å²) in [4.78, 5) is 28.5. The van der Waals surface area contributed by atoms with Gasteiger partial charge in [0.1, 0.15) is 11.9 Å². The maximum Gasteiger partial charge on any atom is 0.242 e. The lowest BCUT2D eigenvalue weighted by Gasteiger charge is -2.31. The van der Waals surface area contributed by atoms with Crippen LogP contribution in [-0.4, -0.2) is 35.1 Å². The van der Waals surface area contributed by atoms with Crippen LogP contribution in [0.15, 0.2) is 59.5 Å². The van der Waals surface area contributed by atoms with Gasteiger partial charge in [0.15, 0.2) is 0 Å². The number of hydrogen-bond acceptors (Lipinski definition) is 3. The van der Waals surface area contributed by atoms with Crippen LogP contribution in [-0.2, 0) is 16.1 Å². The van der Waals surface area contributed by atoms with E-state index < -0.39 is 6.04 Å². The van der Waals surface area contributed by atoms with Crippen LogP contribution in [0.4, 0.5) is 4.39 Å². The van der Waals surface area contributed by atoms with Crippen molar-refractivity contribution in [2.24, 2.45) is 5.92 Å². The quantitative estimate of drug-likeness (QED) is 0.580. The molecule has 0 aliphatic carbocycles. The first-order chi connectivity index (χ1) is 13.9. The van der Waals surface area contributed by atoms with E-state index in [2.05, 4.69) is 5.32 Å². The van der Waals surface area contributed by atoms with E-state index in [1.165, 1.54) is 23.9 Å². The van der Waals surface area contributed by atoms with Crippen LogP contribution >= 0.6 is 11.8 Å². The molecule has 0 heterocycles. The molecule has 2 aromatic rings. The second-order valence-electron chi connectivity index (χ2n) is 7.31. The maximum atomic E-state index is 13.3. The molecule has 0 bridgehead atoms. The Morgan fingerprint density at radius 1 is 1.07 bits per heavy atom. The van der Waals surface area contributed by atoms with E-state index in [0.29, 0.717) is 18.9 Å². The number of benzene rings is 2. The van der Waals surface area contributed by atoms with Gasteiger partial charge in [0.2, 0.25) is 11.8 Å². The van der Waals surface area contributed by atoms with Crippen molar-refractivity contribution in [2.75, 3.05) is 12.3 Å². The van der Waals surface area contributed by atoms with Crippen LogP contribution in [0.1, 0.15) is 32.8 Å². The Balaban J connectivity index is 2.16. The second-order valence-corrected chi connectivity index (χ2v) is 8.36. The number of carbonyl (C=O) groups excluding carboxylic acids is 2. The van der Waals surface area contributed by atoms with E-state index in [-0.39, 0.29) is 29.9 Å². The molecule has 2 amide bonds. The van der Waals surface area contributed by atoms with Gasteiger partial charge in [-0.1, -0.05) is 51.1 Å². The summed E-state index contributed by atoms with van der Waals surface area (Å²) in [6, 6.07) is 15.2. The van der Waals surface area contributed by atoms with E-state index in [1.807, 2.05) is 51.1 Å². The zero-order chi connectivity index (χ0) is 21.2. The fourth-order valence-electron chi connectivity index (χ4n) is 2.87. The summed E-state index contributed by atoms with van der Waals surface area (Å²) in [5.41, 5.74) is 0.791. The van der Waals surface area contributed by atoms with Crippen LogP contribution in [0.5, 0.6) is 0 Å². The van der Waals surface area contributed by atoms with Crippen LogP contribution in [0.2, 0.25) is 0 Å². The molecule has 0 spiro atoms. The third-order valence-corrected chi connectivity index (χ3v) is 5.44. The van der Waals surface area contributed by atoms with Gasteiger partial charge in [-0.25, -0.2) is 4.39 Å². The van der Waals surface area contributed by atoms with Crippen molar-refractivity contribution in [1.29, 1.82) is 0 Å². The number of amides is 2. The molecule has 0 aliphatic rings. The first-order valence-corrected chi connectivity index (χ1v) is 10.9. The van der Waals surface area contributed by atoms with Crippen molar-refractivity contribution < 1.29 is 14.0 Å². The Bertz CT molecular complexity index is 781. The number of carbonyl (C=O) groups is 2. The van der Waals surface area contributed by atoms with E-state index in [1.54, 1.807) is 17.0 Å². The average Bonchev–Trinajstić information content (AvgIpc) is 2.72. The van der Waals surface area contributed by atoms with Gasteiger partial charge in [0.05, 0.1) is 5.75 Å². The highest BCUT2D eigenvalue weighted by atomic mass is 32.2. The number of nitrogens with one attached hydrogen (secondary N) is 1. The molecule has 0 fully saturated rings. The molecule has 0 aliphatic heterocycles. The summed E-state index contributed by atoms with van der Waals surface area (Å²) >= 11 is 1.44. The van der Waals surface area contributed by atoms with E-state index >= 15 is 0 Å². The Kier molecular flexibility index (Phi) is 9.19. The maximum absolute atomic E-state index is 13.3. The molecule has 0 aromatic heterocycles. The highest BCUT2D eigenvalue weighted by Gasteiger charge is 2.28. The van der Waals surface area contributed by atoms with E-state index in [4.69, 9.17) is 0 Å². The molecule has 0 radical (unpaired) electrons. The molecule has 6 heteroatoms. The molecule has 2 aromatic carbocycles. The van der Waals surface area contributed by atoms with Gasteiger partial charge in [0.25, 0.3) is 0 Å². The summed E-state index contributed by atoms with van der Waals surface area (Å²) in [5, 5.41) is 2.94. The number of thioether (sulfide) groups is 1. The number of rotatable bonds is 10. The van der Waals surface area contributed by atoms with E-state index in [0.717, 1.165) is 10.5 Å². The van der Waals surface area contributed by atoms with Crippen molar-refractivity contribution in [2.45, 2.75) is 44.7 Å². The molecular formula is C23H29FN2O2S. The van der Waals surface area contributed by atoms with Crippen LogP contribution in [0.25, 0.3) is 0 Å².